The van der Waals surface area contributed by atoms with E-state index in [1.54, 1.807) is 12.1 Å². The fourth-order valence-corrected chi connectivity index (χ4v) is 3.42. The summed E-state index contributed by atoms with van der Waals surface area (Å²) in [6, 6.07) is 8.98. The van der Waals surface area contributed by atoms with Crippen LogP contribution in [0.4, 0.5) is 0 Å². The Bertz CT molecular complexity index is 507. The molecule has 0 amide bonds. The third-order valence-electron chi connectivity index (χ3n) is 4.77. The van der Waals surface area contributed by atoms with Gasteiger partial charge in [-0.3, -0.25) is 9.59 Å². The van der Waals surface area contributed by atoms with Crippen LogP contribution >= 0.6 is 0 Å². The number of rotatable bonds is 5. The maximum absolute atomic E-state index is 12.4. The van der Waals surface area contributed by atoms with E-state index >= 15 is 0 Å². The van der Waals surface area contributed by atoms with Crippen LogP contribution < -0.4 is 0 Å². The summed E-state index contributed by atoms with van der Waals surface area (Å²) < 4.78 is 5.34. The molecule has 0 N–H and O–H groups in total. The van der Waals surface area contributed by atoms with Gasteiger partial charge in [0.15, 0.2) is 12.4 Å². The number of ketones is 1. The lowest BCUT2D eigenvalue weighted by atomic mass is 9.70. The van der Waals surface area contributed by atoms with Crippen LogP contribution in [0.15, 0.2) is 30.3 Å². The van der Waals surface area contributed by atoms with Gasteiger partial charge < -0.3 is 4.74 Å². The summed E-state index contributed by atoms with van der Waals surface area (Å²) >= 11 is 0. The lowest BCUT2D eigenvalue weighted by Gasteiger charge is -2.35. The van der Waals surface area contributed by atoms with Crippen LogP contribution in [0.1, 0.15) is 50.4 Å². The third-order valence-corrected chi connectivity index (χ3v) is 4.77. The first-order valence-corrected chi connectivity index (χ1v) is 8.24. The molecule has 22 heavy (non-hydrogen) atoms. The molecule has 1 aliphatic rings. The number of hydrogen-bond acceptors (Lipinski definition) is 3. The summed E-state index contributed by atoms with van der Waals surface area (Å²) in [6.45, 7) is 6.36. The van der Waals surface area contributed by atoms with Gasteiger partial charge in [0.25, 0.3) is 0 Å². The Morgan fingerprint density at radius 1 is 1.18 bits per heavy atom. The lowest BCUT2D eigenvalue weighted by molar-refractivity contribution is -0.152. The highest BCUT2D eigenvalue weighted by Crippen LogP contribution is 2.38. The topological polar surface area (TPSA) is 43.4 Å². The van der Waals surface area contributed by atoms with E-state index in [0.29, 0.717) is 23.3 Å². The van der Waals surface area contributed by atoms with Gasteiger partial charge >= 0.3 is 5.97 Å². The first-order valence-electron chi connectivity index (χ1n) is 8.24. The van der Waals surface area contributed by atoms with Crippen molar-refractivity contribution in [2.24, 2.45) is 23.7 Å². The van der Waals surface area contributed by atoms with Crippen LogP contribution in [-0.2, 0) is 9.53 Å². The first kappa shape index (κ1) is 16.7. The Morgan fingerprint density at radius 3 is 2.50 bits per heavy atom. The van der Waals surface area contributed by atoms with E-state index in [0.717, 1.165) is 12.8 Å². The highest BCUT2D eigenvalue weighted by molar-refractivity contribution is 5.97. The summed E-state index contributed by atoms with van der Waals surface area (Å²) in [5.74, 6) is 0.989. The lowest BCUT2D eigenvalue weighted by Crippen LogP contribution is -2.35. The predicted octanol–water partition coefficient (Wildman–Crippen LogP) is 4.12. The zero-order valence-corrected chi connectivity index (χ0v) is 13.7. The SMILES string of the molecule is CC(C)[C@@H]1CC[C@@H](C)C[C@H]1C(=O)OCC(=O)c1ccccc1. The highest BCUT2D eigenvalue weighted by Gasteiger charge is 2.36. The molecule has 0 heterocycles. The molecule has 3 heteroatoms. The molecular weight excluding hydrogens is 276 g/mol. The standard InChI is InChI=1S/C19H26O3/c1-13(2)16-10-9-14(3)11-17(16)19(21)22-12-18(20)15-7-5-4-6-8-15/h4-8,13-14,16-17H,9-12H2,1-3H3/t14-,16+,17-/m1/s1. The Labute approximate surface area is 133 Å². The van der Waals surface area contributed by atoms with Crippen LogP contribution in [0.5, 0.6) is 0 Å². The minimum Gasteiger partial charge on any atom is -0.457 e. The molecule has 1 aromatic rings. The van der Waals surface area contributed by atoms with E-state index in [4.69, 9.17) is 4.74 Å². The Morgan fingerprint density at radius 2 is 1.86 bits per heavy atom. The van der Waals surface area contributed by atoms with Crippen LogP contribution in [0.2, 0.25) is 0 Å². The van der Waals surface area contributed by atoms with Crippen LogP contribution in [0.3, 0.4) is 0 Å². The predicted molar refractivity (Wildman–Crippen MR) is 86.6 cm³/mol. The van der Waals surface area contributed by atoms with Crippen molar-refractivity contribution in [2.75, 3.05) is 6.61 Å². The smallest absolute Gasteiger partial charge is 0.309 e. The number of hydrogen-bond donors (Lipinski definition) is 0. The van der Waals surface area contributed by atoms with Crippen molar-refractivity contribution in [3.63, 3.8) is 0 Å². The van der Waals surface area contributed by atoms with Gasteiger partial charge in [-0.1, -0.05) is 57.5 Å². The first-order chi connectivity index (χ1) is 10.5. The Balaban J connectivity index is 1.94. The van der Waals surface area contributed by atoms with Crippen LogP contribution in [0.25, 0.3) is 0 Å². The number of esters is 1. The molecule has 1 aromatic carbocycles. The second-order valence-corrected chi connectivity index (χ2v) is 6.83. The van der Waals surface area contributed by atoms with Crippen molar-refractivity contribution in [1.29, 1.82) is 0 Å². The third kappa shape index (κ3) is 4.19. The average molecular weight is 302 g/mol. The fourth-order valence-electron chi connectivity index (χ4n) is 3.42. The second-order valence-electron chi connectivity index (χ2n) is 6.83. The minimum atomic E-state index is -0.200. The van der Waals surface area contributed by atoms with Crippen molar-refractivity contribution in [3.05, 3.63) is 35.9 Å². The Hall–Kier alpha value is -1.64. The number of benzene rings is 1. The van der Waals surface area contributed by atoms with Crippen molar-refractivity contribution < 1.29 is 14.3 Å². The number of carbonyl (C=O) groups excluding carboxylic acids is 2. The van der Waals surface area contributed by atoms with Crippen molar-refractivity contribution >= 4 is 11.8 Å². The number of carbonyl (C=O) groups is 2. The Kier molecular flexibility index (Phi) is 5.76. The summed E-state index contributed by atoms with van der Waals surface area (Å²) in [6.07, 6.45) is 3.13. The maximum atomic E-state index is 12.4. The van der Waals surface area contributed by atoms with Gasteiger partial charge in [0.1, 0.15) is 0 Å². The zero-order chi connectivity index (χ0) is 16.1. The van der Waals surface area contributed by atoms with Gasteiger partial charge in [-0.15, -0.1) is 0 Å². The number of ether oxygens (including phenoxy) is 1. The van der Waals surface area contributed by atoms with E-state index < -0.39 is 0 Å². The summed E-state index contributed by atoms with van der Waals surface area (Å²) in [7, 11) is 0. The molecule has 120 valence electrons. The molecular formula is C19H26O3. The van der Waals surface area contributed by atoms with Gasteiger partial charge in [0, 0.05) is 5.56 Å². The van der Waals surface area contributed by atoms with Crippen molar-refractivity contribution in [1.82, 2.24) is 0 Å². The molecule has 0 aliphatic heterocycles. The quantitative estimate of drug-likeness (QED) is 0.607. The van der Waals surface area contributed by atoms with Crippen molar-refractivity contribution in [2.45, 2.75) is 40.0 Å². The second kappa shape index (κ2) is 7.57. The van der Waals surface area contributed by atoms with E-state index in [1.807, 2.05) is 18.2 Å². The van der Waals surface area contributed by atoms with Crippen LogP contribution in [0, 0.1) is 23.7 Å². The van der Waals surface area contributed by atoms with Crippen LogP contribution in [-0.4, -0.2) is 18.4 Å². The normalized spacial score (nSPS) is 25.0. The van der Waals surface area contributed by atoms with E-state index in [2.05, 4.69) is 20.8 Å². The average Bonchev–Trinajstić information content (AvgIpc) is 2.52. The van der Waals surface area contributed by atoms with Gasteiger partial charge in [-0.2, -0.15) is 0 Å². The zero-order valence-electron chi connectivity index (χ0n) is 13.7. The summed E-state index contributed by atoms with van der Waals surface area (Å²) in [4.78, 5) is 24.5. The molecule has 0 bridgehead atoms. The van der Waals surface area contributed by atoms with E-state index in [1.165, 1.54) is 6.42 Å². The molecule has 1 saturated carbocycles. The van der Waals surface area contributed by atoms with Gasteiger partial charge in [0.2, 0.25) is 0 Å². The minimum absolute atomic E-state index is 0.0627. The van der Waals surface area contributed by atoms with Gasteiger partial charge in [-0.25, -0.2) is 0 Å². The van der Waals surface area contributed by atoms with Gasteiger partial charge in [0.05, 0.1) is 5.92 Å². The molecule has 0 unspecified atom stereocenters. The monoisotopic (exact) mass is 302 g/mol. The molecule has 2 rings (SSSR count). The molecule has 0 spiro atoms. The fraction of sp³-hybridized carbons (Fsp3) is 0.579. The molecule has 1 aliphatic carbocycles. The molecule has 0 radical (unpaired) electrons. The highest BCUT2D eigenvalue weighted by atomic mass is 16.5. The molecule has 0 aromatic heterocycles. The molecule has 3 atom stereocenters. The van der Waals surface area contributed by atoms with Gasteiger partial charge in [-0.05, 0) is 30.6 Å². The summed E-state index contributed by atoms with van der Waals surface area (Å²) in [5.41, 5.74) is 0.590. The summed E-state index contributed by atoms with van der Waals surface area (Å²) in [5, 5.41) is 0. The number of Topliss-reactive ketones (excluding diaryl/α,β-unsaturated/α-hetero) is 1. The van der Waals surface area contributed by atoms with Crippen molar-refractivity contribution in [3.8, 4) is 0 Å². The molecule has 1 fully saturated rings. The van der Waals surface area contributed by atoms with E-state index in [9.17, 15) is 9.59 Å². The molecule has 3 nitrogen and oxygen atoms in total. The largest absolute Gasteiger partial charge is 0.457 e. The maximum Gasteiger partial charge on any atom is 0.309 e. The van der Waals surface area contributed by atoms with E-state index in [-0.39, 0.29) is 24.3 Å². The molecule has 0 saturated heterocycles.